The normalized spacial score (nSPS) is 18.0. The maximum Gasteiger partial charge on any atom is 0.110 e. The van der Waals surface area contributed by atoms with Gasteiger partial charge in [0, 0.05) is 40.9 Å². The summed E-state index contributed by atoms with van der Waals surface area (Å²) in [6.07, 6.45) is 0. The number of halogens is 4. The number of thiophene rings is 1. The monoisotopic (exact) mass is 364 g/mol. The summed E-state index contributed by atoms with van der Waals surface area (Å²) in [5.41, 5.74) is 0. The number of rotatable bonds is 3. The van der Waals surface area contributed by atoms with Crippen molar-refractivity contribution >= 4 is 52.1 Å². The second kappa shape index (κ2) is 8.67. The number of nitrogens with one attached hydrogen (secondary N) is 1. The van der Waals surface area contributed by atoms with E-state index in [2.05, 4.69) is 26.1 Å². The van der Waals surface area contributed by atoms with Gasteiger partial charge in [-0.25, -0.2) is 4.39 Å². The third-order valence-corrected chi connectivity index (χ3v) is 4.45. The van der Waals surface area contributed by atoms with Crippen LogP contribution in [0.5, 0.6) is 0 Å². The molecule has 0 spiro atoms. The standard InChI is InChI=1S/C10H14BrFN2S.2ClH/c11-8-5-10(15-7-8)9(6-12)14-3-1-13-2-4-14;;/h5,7,9,13H,1-4,6H2;2*1H/t9-;;/m1../s1. The molecule has 0 saturated carbocycles. The fraction of sp³-hybridized carbons (Fsp3) is 0.600. The Labute approximate surface area is 126 Å². The summed E-state index contributed by atoms with van der Waals surface area (Å²) in [5.74, 6) is 0. The van der Waals surface area contributed by atoms with Gasteiger partial charge in [-0.1, -0.05) is 0 Å². The zero-order valence-electron chi connectivity index (χ0n) is 9.20. The molecule has 1 aliphatic heterocycles. The van der Waals surface area contributed by atoms with Gasteiger partial charge in [0.2, 0.25) is 0 Å². The van der Waals surface area contributed by atoms with Crippen molar-refractivity contribution < 1.29 is 4.39 Å². The van der Waals surface area contributed by atoms with Gasteiger partial charge >= 0.3 is 0 Å². The highest BCUT2D eigenvalue weighted by atomic mass is 79.9. The predicted octanol–water partition coefficient (Wildman–Crippen LogP) is 3.27. The number of hydrogen-bond acceptors (Lipinski definition) is 3. The fourth-order valence-corrected chi connectivity index (χ4v) is 3.41. The molecule has 1 saturated heterocycles. The van der Waals surface area contributed by atoms with Crippen molar-refractivity contribution in [2.24, 2.45) is 0 Å². The smallest absolute Gasteiger partial charge is 0.110 e. The van der Waals surface area contributed by atoms with E-state index in [0.29, 0.717) is 0 Å². The summed E-state index contributed by atoms with van der Waals surface area (Å²) in [4.78, 5) is 3.33. The van der Waals surface area contributed by atoms with E-state index in [1.807, 2.05) is 11.4 Å². The van der Waals surface area contributed by atoms with E-state index in [-0.39, 0.29) is 37.5 Å². The number of hydrogen-bond donors (Lipinski definition) is 1. The van der Waals surface area contributed by atoms with Crippen LogP contribution in [-0.2, 0) is 0 Å². The van der Waals surface area contributed by atoms with Crippen LogP contribution in [0.25, 0.3) is 0 Å². The molecule has 1 N–H and O–H groups in total. The van der Waals surface area contributed by atoms with Gasteiger partial charge in [-0.05, 0) is 22.0 Å². The Hall–Kier alpha value is 0.610. The van der Waals surface area contributed by atoms with E-state index in [1.54, 1.807) is 11.3 Å². The van der Waals surface area contributed by atoms with Gasteiger partial charge in [-0.2, -0.15) is 0 Å². The third kappa shape index (κ3) is 4.65. The minimum absolute atomic E-state index is 0. The molecule has 100 valence electrons. The van der Waals surface area contributed by atoms with Crippen molar-refractivity contribution in [2.75, 3.05) is 32.9 Å². The first-order valence-electron chi connectivity index (χ1n) is 5.06. The molecule has 1 aromatic heterocycles. The van der Waals surface area contributed by atoms with Crippen LogP contribution in [-0.4, -0.2) is 37.8 Å². The molecule has 17 heavy (non-hydrogen) atoms. The second-order valence-electron chi connectivity index (χ2n) is 3.62. The highest BCUT2D eigenvalue weighted by molar-refractivity contribution is 9.10. The zero-order valence-corrected chi connectivity index (χ0v) is 13.2. The van der Waals surface area contributed by atoms with Crippen LogP contribution in [0.3, 0.4) is 0 Å². The SMILES string of the molecule is Cl.Cl.FC[C@H](c1cc(Br)cs1)N1CCNCC1. The maximum atomic E-state index is 13.1. The molecule has 1 aromatic rings. The summed E-state index contributed by atoms with van der Waals surface area (Å²) < 4.78 is 14.1. The zero-order chi connectivity index (χ0) is 10.7. The molecule has 7 heteroatoms. The van der Waals surface area contributed by atoms with Gasteiger partial charge in [-0.15, -0.1) is 36.2 Å². The van der Waals surface area contributed by atoms with E-state index in [4.69, 9.17) is 0 Å². The lowest BCUT2D eigenvalue weighted by molar-refractivity contribution is 0.150. The molecule has 1 fully saturated rings. The Balaban J connectivity index is 0.00000128. The Kier molecular flexibility index (Phi) is 8.98. The largest absolute Gasteiger partial charge is 0.314 e. The number of piperazine rings is 1. The first-order valence-corrected chi connectivity index (χ1v) is 6.73. The summed E-state index contributed by atoms with van der Waals surface area (Å²) >= 11 is 5.04. The quantitative estimate of drug-likeness (QED) is 0.884. The van der Waals surface area contributed by atoms with E-state index < -0.39 is 0 Å². The number of nitrogens with zero attached hydrogens (tertiary/aromatic N) is 1. The molecule has 0 radical (unpaired) electrons. The molecule has 0 aromatic carbocycles. The molecular weight excluding hydrogens is 350 g/mol. The van der Waals surface area contributed by atoms with E-state index in [1.165, 1.54) is 0 Å². The van der Waals surface area contributed by atoms with Crippen LogP contribution < -0.4 is 5.32 Å². The van der Waals surface area contributed by atoms with Crippen molar-refractivity contribution in [2.45, 2.75) is 6.04 Å². The molecule has 0 unspecified atom stereocenters. The van der Waals surface area contributed by atoms with Crippen LogP contribution >= 0.6 is 52.1 Å². The Morgan fingerprint density at radius 3 is 2.53 bits per heavy atom. The van der Waals surface area contributed by atoms with Gasteiger partial charge in [-0.3, -0.25) is 4.90 Å². The summed E-state index contributed by atoms with van der Waals surface area (Å²) in [5, 5.41) is 5.29. The van der Waals surface area contributed by atoms with Gasteiger partial charge in [0.15, 0.2) is 0 Å². The molecular formula is C10H16BrCl2FN2S. The third-order valence-electron chi connectivity index (χ3n) is 2.65. The minimum Gasteiger partial charge on any atom is -0.314 e. The van der Waals surface area contributed by atoms with E-state index >= 15 is 0 Å². The van der Waals surface area contributed by atoms with E-state index in [0.717, 1.165) is 35.5 Å². The second-order valence-corrected chi connectivity index (χ2v) is 5.48. The first kappa shape index (κ1) is 17.6. The van der Waals surface area contributed by atoms with Crippen LogP contribution in [0.1, 0.15) is 10.9 Å². The van der Waals surface area contributed by atoms with E-state index in [9.17, 15) is 4.39 Å². The Bertz CT molecular complexity index is 321. The average molecular weight is 366 g/mol. The molecule has 2 heterocycles. The van der Waals surface area contributed by atoms with Gasteiger partial charge < -0.3 is 5.32 Å². The lowest BCUT2D eigenvalue weighted by Crippen LogP contribution is -2.45. The van der Waals surface area contributed by atoms with Crippen molar-refractivity contribution in [1.29, 1.82) is 0 Å². The Morgan fingerprint density at radius 2 is 2.06 bits per heavy atom. The molecule has 2 rings (SSSR count). The van der Waals surface area contributed by atoms with Crippen molar-refractivity contribution in [3.63, 3.8) is 0 Å². The van der Waals surface area contributed by atoms with Crippen LogP contribution in [0, 0.1) is 0 Å². The van der Waals surface area contributed by atoms with Crippen LogP contribution in [0.2, 0.25) is 0 Å². The summed E-state index contributed by atoms with van der Waals surface area (Å²) in [6.45, 7) is 3.49. The molecule has 0 amide bonds. The molecule has 0 aliphatic carbocycles. The van der Waals surface area contributed by atoms with Crippen LogP contribution in [0.4, 0.5) is 4.39 Å². The highest BCUT2D eigenvalue weighted by Gasteiger charge is 2.23. The molecule has 0 bridgehead atoms. The molecule has 2 nitrogen and oxygen atoms in total. The summed E-state index contributed by atoms with van der Waals surface area (Å²) in [6, 6.07) is 1.97. The van der Waals surface area contributed by atoms with Gasteiger partial charge in [0.05, 0.1) is 6.04 Å². The lowest BCUT2D eigenvalue weighted by Gasteiger charge is -2.32. The fourth-order valence-electron chi connectivity index (χ4n) is 1.85. The average Bonchev–Trinajstić information content (AvgIpc) is 2.68. The highest BCUT2D eigenvalue weighted by Crippen LogP contribution is 2.29. The topological polar surface area (TPSA) is 15.3 Å². The Morgan fingerprint density at radius 1 is 1.41 bits per heavy atom. The first-order chi connectivity index (χ1) is 7.31. The molecule has 1 aliphatic rings. The van der Waals surface area contributed by atoms with Crippen molar-refractivity contribution in [3.05, 3.63) is 20.8 Å². The minimum atomic E-state index is -0.299. The van der Waals surface area contributed by atoms with Crippen LogP contribution in [0.15, 0.2) is 15.9 Å². The molecule has 1 atom stereocenters. The predicted molar refractivity (Wildman–Crippen MR) is 79.7 cm³/mol. The van der Waals surface area contributed by atoms with Crippen molar-refractivity contribution in [1.82, 2.24) is 10.2 Å². The van der Waals surface area contributed by atoms with Crippen molar-refractivity contribution in [3.8, 4) is 0 Å². The summed E-state index contributed by atoms with van der Waals surface area (Å²) in [7, 11) is 0. The lowest BCUT2D eigenvalue weighted by atomic mass is 10.2. The number of alkyl halides is 1. The maximum absolute atomic E-state index is 13.1. The van der Waals surface area contributed by atoms with Gasteiger partial charge in [0.1, 0.15) is 6.67 Å². The van der Waals surface area contributed by atoms with Gasteiger partial charge in [0.25, 0.3) is 0 Å².